The number of nitrogens with one attached hydrogen (secondary N) is 1. The molecule has 31 heavy (non-hydrogen) atoms. The molecule has 0 atom stereocenters. The summed E-state index contributed by atoms with van der Waals surface area (Å²) in [5.41, 5.74) is 6.25. The summed E-state index contributed by atoms with van der Waals surface area (Å²) in [4.78, 5) is 19.1. The number of piperazine rings is 1. The summed E-state index contributed by atoms with van der Waals surface area (Å²) in [7, 11) is 0. The van der Waals surface area contributed by atoms with Crippen LogP contribution < -0.4 is 10.7 Å². The minimum absolute atomic E-state index is 0.399. The summed E-state index contributed by atoms with van der Waals surface area (Å²) >= 11 is 0. The van der Waals surface area contributed by atoms with Crippen molar-refractivity contribution >= 4 is 16.8 Å². The number of anilines is 1. The number of aromatic amines is 1. The summed E-state index contributed by atoms with van der Waals surface area (Å²) in [6.45, 7) is 8.71. The van der Waals surface area contributed by atoms with Gasteiger partial charge in [-0.2, -0.15) is 0 Å². The Morgan fingerprint density at radius 1 is 0.839 bits per heavy atom. The van der Waals surface area contributed by atoms with Gasteiger partial charge in [0.1, 0.15) is 0 Å². The lowest BCUT2D eigenvalue weighted by molar-refractivity contribution is 0.250. The number of fused-ring (bicyclic) bond motifs is 1. The lowest BCUT2D eigenvalue weighted by Crippen LogP contribution is -2.46. The van der Waals surface area contributed by atoms with Gasteiger partial charge in [-0.25, -0.2) is 4.79 Å². The van der Waals surface area contributed by atoms with E-state index in [0.29, 0.717) is 5.58 Å². The maximum absolute atomic E-state index is 11.6. The maximum Gasteiger partial charge on any atom is 0.417 e. The average Bonchev–Trinajstić information content (AvgIpc) is 3.22. The second kappa shape index (κ2) is 9.67. The first kappa shape index (κ1) is 20.9. The van der Waals surface area contributed by atoms with Crippen LogP contribution in [0.5, 0.6) is 0 Å². The molecule has 1 saturated heterocycles. The van der Waals surface area contributed by atoms with Gasteiger partial charge in [0.05, 0.1) is 11.2 Å². The van der Waals surface area contributed by atoms with Gasteiger partial charge in [-0.05, 0) is 34.9 Å². The normalized spacial score (nSPS) is 14.3. The Kier molecular flexibility index (Phi) is 6.53. The van der Waals surface area contributed by atoms with Crippen molar-refractivity contribution in [1.82, 2.24) is 9.88 Å². The number of H-pyrrole nitrogens is 1. The Bertz CT molecular complexity index is 1170. The largest absolute Gasteiger partial charge is 0.417 e. The summed E-state index contributed by atoms with van der Waals surface area (Å²) in [5.74, 6) is -0.399. The Morgan fingerprint density at radius 2 is 1.55 bits per heavy atom. The molecule has 0 aliphatic carbocycles. The van der Waals surface area contributed by atoms with Crippen molar-refractivity contribution in [3.8, 4) is 11.1 Å². The maximum atomic E-state index is 11.6. The molecular formula is C26H29N3O2. The molecule has 0 radical (unpaired) electrons. The molecule has 1 aromatic heterocycles. The Hall–Kier alpha value is -3.31. The number of rotatable bonds is 4. The monoisotopic (exact) mass is 415 g/mol. The first-order chi connectivity index (χ1) is 15.3. The van der Waals surface area contributed by atoms with E-state index < -0.39 is 5.76 Å². The Balaban J connectivity index is 0.00000112. The van der Waals surface area contributed by atoms with Crippen molar-refractivity contribution in [3.05, 3.63) is 88.9 Å². The second-order valence-corrected chi connectivity index (χ2v) is 7.50. The third kappa shape index (κ3) is 4.72. The van der Waals surface area contributed by atoms with Crippen LogP contribution in [0.2, 0.25) is 0 Å². The summed E-state index contributed by atoms with van der Waals surface area (Å²) in [6, 6.07) is 25.2. The Morgan fingerprint density at radius 3 is 2.32 bits per heavy atom. The molecule has 4 aromatic rings. The highest BCUT2D eigenvalue weighted by molar-refractivity contribution is 5.86. The number of para-hydroxylation sites is 1. The van der Waals surface area contributed by atoms with Gasteiger partial charge in [0.25, 0.3) is 0 Å². The van der Waals surface area contributed by atoms with Gasteiger partial charge < -0.3 is 9.32 Å². The van der Waals surface area contributed by atoms with Gasteiger partial charge >= 0.3 is 5.76 Å². The van der Waals surface area contributed by atoms with Gasteiger partial charge in [0.2, 0.25) is 0 Å². The van der Waals surface area contributed by atoms with Gasteiger partial charge in [0.15, 0.2) is 5.58 Å². The molecule has 0 saturated carbocycles. The zero-order valence-corrected chi connectivity index (χ0v) is 18.2. The zero-order valence-electron chi connectivity index (χ0n) is 18.2. The van der Waals surface area contributed by atoms with Crippen LogP contribution in [0.1, 0.15) is 19.4 Å². The predicted octanol–water partition coefficient (Wildman–Crippen LogP) is 5.14. The van der Waals surface area contributed by atoms with Crippen LogP contribution in [-0.2, 0) is 6.54 Å². The zero-order chi connectivity index (χ0) is 21.6. The van der Waals surface area contributed by atoms with E-state index in [1.165, 1.54) is 16.7 Å². The first-order valence-electron chi connectivity index (χ1n) is 11.0. The molecule has 3 aromatic carbocycles. The number of oxazole rings is 1. The average molecular weight is 416 g/mol. The molecule has 5 rings (SSSR count). The van der Waals surface area contributed by atoms with Crippen molar-refractivity contribution in [3.63, 3.8) is 0 Å². The number of benzene rings is 3. The third-order valence-electron chi connectivity index (χ3n) is 5.58. The number of hydrogen-bond acceptors (Lipinski definition) is 4. The summed E-state index contributed by atoms with van der Waals surface area (Å²) in [6.07, 6.45) is 0. The van der Waals surface area contributed by atoms with Crippen molar-refractivity contribution < 1.29 is 4.42 Å². The van der Waals surface area contributed by atoms with Crippen LogP contribution in [0.3, 0.4) is 0 Å². The van der Waals surface area contributed by atoms with E-state index in [1.807, 2.05) is 38.1 Å². The van der Waals surface area contributed by atoms with E-state index in [1.54, 1.807) is 0 Å². The second-order valence-electron chi connectivity index (χ2n) is 7.50. The molecule has 160 valence electrons. The van der Waals surface area contributed by atoms with Crippen molar-refractivity contribution in [1.29, 1.82) is 0 Å². The molecule has 2 heterocycles. The first-order valence-corrected chi connectivity index (χ1v) is 11.0. The Labute approximate surface area is 182 Å². The van der Waals surface area contributed by atoms with E-state index in [-0.39, 0.29) is 0 Å². The minimum atomic E-state index is -0.399. The van der Waals surface area contributed by atoms with Gasteiger partial charge in [0, 0.05) is 32.7 Å². The lowest BCUT2D eigenvalue weighted by Gasteiger charge is -2.36. The molecule has 0 unspecified atom stereocenters. The number of hydrogen-bond donors (Lipinski definition) is 1. The highest BCUT2D eigenvalue weighted by Crippen LogP contribution is 2.26. The van der Waals surface area contributed by atoms with Gasteiger partial charge in [-0.3, -0.25) is 9.88 Å². The van der Waals surface area contributed by atoms with Crippen molar-refractivity contribution in [2.75, 3.05) is 31.1 Å². The van der Waals surface area contributed by atoms with E-state index in [4.69, 9.17) is 4.42 Å². The quantitative estimate of drug-likeness (QED) is 0.502. The fourth-order valence-electron chi connectivity index (χ4n) is 4.09. The standard InChI is InChI=1S/C24H23N3O2.C2H6/c28-24-25-21-10-5-11-22(23(21)29-24)27-14-12-26(13-15-27)17-18-6-4-9-20(16-18)19-7-2-1-3-8-19;1-2/h1-11,16H,12-15,17H2,(H,25,28);1-2H3. The molecule has 1 N–H and O–H groups in total. The SMILES string of the molecule is CC.O=c1[nH]c2cccc(N3CCN(Cc4cccc(-c5ccccc5)c4)CC3)c2o1. The molecule has 1 aliphatic heterocycles. The number of nitrogens with zero attached hydrogens (tertiary/aromatic N) is 2. The topological polar surface area (TPSA) is 52.5 Å². The smallest absolute Gasteiger partial charge is 0.406 e. The molecule has 0 bridgehead atoms. The van der Waals surface area contributed by atoms with Gasteiger partial charge in [-0.15, -0.1) is 0 Å². The van der Waals surface area contributed by atoms with Crippen LogP contribution in [0.4, 0.5) is 5.69 Å². The highest BCUT2D eigenvalue weighted by atomic mass is 16.4. The molecule has 0 amide bonds. The molecule has 1 fully saturated rings. The van der Waals surface area contributed by atoms with E-state index in [0.717, 1.165) is 43.9 Å². The molecule has 5 heteroatoms. The lowest BCUT2D eigenvalue weighted by atomic mass is 10.0. The summed E-state index contributed by atoms with van der Waals surface area (Å²) in [5, 5.41) is 0. The fourth-order valence-corrected chi connectivity index (χ4v) is 4.09. The van der Waals surface area contributed by atoms with E-state index in [9.17, 15) is 4.79 Å². The minimum Gasteiger partial charge on any atom is -0.406 e. The molecule has 0 spiro atoms. The van der Waals surface area contributed by atoms with Crippen molar-refractivity contribution in [2.24, 2.45) is 0 Å². The molecule has 1 aliphatic rings. The van der Waals surface area contributed by atoms with Crippen LogP contribution >= 0.6 is 0 Å². The van der Waals surface area contributed by atoms with Crippen LogP contribution in [0.15, 0.2) is 82.0 Å². The van der Waals surface area contributed by atoms with Gasteiger partial charge in [-0.1, -0.05) is 68.4 Å². The van der Waals surface area contributed by atoms with E-state index in [2.05, 4.69) is 63.3 Å². The van der Waals surface area contributed by atoms with Crippen LogP contribution in [-0.4, -0.2) is 36.1 Å². The fraction of sp³-hybridized carbons (Fsp3) is 0.269. The van der Waals surface area contributed by atoms with Crippen LogP contribution in [0, 0.1) is 0 Å². The highest BCUT2D eigenvalue weighted by Gasteiger charge is 2.20. The van der Waals surface area contributed by atoms with E-state index >= 15 is 0 Å². The number of aromatic nitrogens is 1. The molecule has 5 nitrogen and oxygen atoms in total. The summed E-state index contributed by atoms with van der Waals surface area (Å²) < 4.78 is 5.36. The predicted molar refractivity (Wildman–Crippen MR) is 128 cm³/mol. The molecular weight excluding hydrogens is 386 g/mol. The van der Waals surface area contributed by atoms with Crippen LogP contribution in [0.25, 0.3) is 22.2 Å². The third-order valence-corrected chi connectivity index (χ3v) is 5.58. The van der Waals surface area contributed by atoms with Crippen molar-refractivity contribution in [2.45, 2.75) is 20.4 Å².